The highest BCUT2D eigenvalue weighted by Crippen LogP contribution is 2.21. The predicted octanol–water partition coefficient (Wildman–Crippen LogP) is 4.45. The van der Waals surface area contributed by atoms with E-state index in [0.717, 1.165) is 11.3 Å². The maximum atomic E-state index is 12.5. The quantitative estimate of drug-likeness (QED) is 0.609. The van der Waals surface area contributed by atoms with Gasteiger partial charge < -0.3 is 15.1 Å². The van der Waals surface area contributed by atoms with E-state index in [-0.39, 0.29) is 18.4 Å². The van der Waals surface area contributed by atoms with Gasteiger partial charge in [-0.05, 0) is 37.1 Å². The second-order valence-corrected chi connectivity index (χ2v) is 7.23. The molecule has 0 radical (unpaired) electrons. The summed E-state index contributed by atoms with van der Waals surface area (Å²) < 4.78 is 5.74. The number of carbonyl (C=O) groups is 1. The van der Waals surface area contributed by atoms with Crippen molar-refractivity contribution in [3.8, 4) is 11.5 Å². The van der Waals surface area contributed by atoms with E-state index < -0.39 is 0 Å². The summed E-state index contributed by atoms with van der Waals surface area (Å²) in [7, 11) is 0. The molecule has 0 aliphatic heterocycles. The lowest BCUT2D eigenvalue weighted by atomic mass is 10.0. The van der Waals surface area contributed by atoms with Crippen LogP contribution in [0.2, 0.25) is 0 Å². The average Bonchev–Trinajstić information content (AvgIpc) is 3.06. The van der Waals surface area contributed by atoms with Crippen molar-refractivity contribution in [2.75, 3.05) is 11.9 Å². The zero-order valence-electron chi connectivity index (χ0n) is 16.6. The number of hydrogen-bond acceptors (Lipinski definition) is 4. The molecule has 0 aliphatic rings. The SMILES string of the molecule is Cc1oc(-c2ccccc2)nc1CC(=O)NCC(Nc1ccccc1)C(C)C. The van der Waals surface area contributed by atoms with Gasteiger partial charge in [0.1, 0.15) is 5.76 Å². The Hall–Kier alpha value is -3.08. The first kappa shape index (κ1) is 19.7. The van der Waals surface area contributed by atoms with E-state index in [9.17, 15) is 4.79 Å². The van der Waals surface area contributed by atoms with E-state index in [2.05, 4.69) is 29.5 Å². The van der Waals surface area contributed by atoms with Gasteiger partial charge in [-0.25, -0.2) is 4.98 Å². The molecule has 1 aromatic heterocycles. The molecule has 3 rings (SSSR count). The molecular formula is C23H27N3O2. The molecule has 0 saturated heterocycles. The molecule has 0 spiro atoms. The van der Waals surface area contributed by atoms with Crippen molar-refractivity contribution in [3.63, 3.8) is 0 Å². The van der Waals surface area contributed by atoms with Gasteiger partial charge in [0.25, 0.3) is 0 Å². The Bertz CT molecular complexity index is 889. The molecule has 2 aromatic carbocycles. The smallest absolute Gasteiger partial charge is 0.226 e. The lowest BCUT2D eigenvalue weighted by Gasteiger charge is -2.24. The van der Waals surface area contributed by atoms with Crippen LogP contribution in [-0.2, 0) is 11.2 Å². The monoisotopic (exact) mass is 377 g/mol. The molecule has 146 valence electrons. The lowest BCUT2D eigenvalue weighted by molar-refractivity contribution is -0.120. The summed E-state index contributed by atoms with van der Waals surface area (Å²) >= 11 is 0. The molecule has 0 aliphatic carbocycles. The van der Waals surface area contributed by atoms with E-state index in [0.29, 0.717) is 29.8 Å². The number of amides is 1. The van der Waals surface area contributed by atoms with Crippen LogP contribution in [0.4, 0.5) is 5.69 Å². The molecule has 0 fully saturated rings. The van der Waals surface area contributed by atoms with E-state index in [1.807, 2.05) is 67.6 Å². The third-order valence-electron chi connectivity index (χ3n) is 4.69. The lowest BCUT2D eigenvalue weighted by Crippen LogP contribution is -2.40. The van der Waals surface area contributed by atoms with Gasteiger partial charge in [0.05, 0.1) is 12.1 Å². The fraction of sp³-hybridized carbons (Fsp3) is 0.304. The summed E-state index contributed by atoms with van der Waals surface area (Å²) in [5.74, 6) is 1.54. The first-order valence-corrected chi connectivity index (χ1v) is 9.63. The summed E-state index contributed by atoms with van der Waals surface area (Å²) in [5, 5.41) is 6.51. The third-order valence-corrected chi connectivity index (χ3v) is 4.69. The van der Waals surface area contributed by atoms with Gasteiger partial charge in [-0.15, -0.1) is 0 Å². The Morgan fingerprint density at radius 3 is 2.32 bits per heavy atom. The first-order chi connectivity index (χ1) is 13.5. The minimum atomic E-state index is -0.0588. The summed E-state index contributed by atoms with van der Waals surface area (Å²) in [6, 6.07) is 19.9. The fourth-order valence-electron chi connectivity index (χ4n) is 2.94. The number of para-hydroxylation sites is 1. The standard InChI is InChI=1S/C23H27N3O2/c1-16(2)21(25-19-12-8-5-9-13-19)15-24-22(27)14-20-17(3)28-23(26-20)18-10-6-4-7-11-18/h4-13,16,21,25H,14-15H2,1-3H3,(H,24,27). The van der Waals surface area contributed by atoms with Crippen LogP contribution < -0.4 is 10.6 Å². The Labute approximate surface area is 166 Å². The number of nitrogens with zero attached hydrogens (tertiary/aromatic N) is 1. The van der Waals surface area contributed by atoms with Crippen LogP contribution in [0.25, 0.3) is 11.5 Å². The summed E-state index contributed by atoms with van der Waals surface area (Å²) in [5.41, 5.74) is 2.63. The fourth-order valence-corrected chi connectivity index (χ4v) is 2.94. The molecule has 3 aromatic rings. The Morgan fingerprint density at radius 1 is 1.04 bits per heavy atom. The van der Waals surface area contributed by atoms with Crippen molar-refractivity contribution in [1.82, 2.24) is 10.3 Å². The highest BCUT2D eigenvalue weighted by Gasteiger charge is 2.17. The molecule has 5 nitrogen and oxygen atoms in total. The van der Waals surface area contributed by atoms with Crippen LogP contribution in [0.5, 0.6) is 0 Å². The Kier molecular flexibility index (Phi) is 6.48. The predicted molar refractivity (Wildman–Crippen MR) is 112 cm³/mol. The zero-order valence-corrected chi connectivity index (χ0v) is 16.6. The molecular weight excluding hydrogens is 350 g/mol. The highest BCUT2D eigenvalue weighted by atomic mass is 16.4. The van der Waals surface area contributed by atoms with Crippen molar-refractivity contribution in [2.45, 2.75) is 33.2 Å². The first-order valence-electron chi connectivity index (χ1n) is 9.63. The molecule has 2 N–H and O–H groups in total. The molecule has 1 unspecified atom stereocenters. The normalized spacial score (nSPS) is 12.0. The van der Waals surface area contributed by atoms with Crippen LogP contribution in [-0.4, -0.2) is 23.5 Å². The van der Waals surface area contributed by atoms with Crippen LogP contribution in [0, 0.1) is 12.8 Å². The topological polar surface area (TPSA) is 67.2 Å². The minimum absolute atomic E-state index is 0.0588. The summed E-state index contributed by atoms with van der Waals surface area (Å²) in [4.78, 5) is 17.0. The van der Waals surface area contributed by atoms with Crippen LogP contribution in [0.15, 0.2) is 65.1 Å². The van der Waals surface area contributed by atoms with Crippen molar-refractivity contribution >= 4 is 11.6 Å². The molecule has 1 heterocycles. The zero-order chi connectivity index (χ0) is 19.9. The third kappa shape index (κ3) is 5.22. The number of aromatic nitrogens is 1. The van der Waals surface area contributed by atoms with Crippen molar-refractivity contribution in [2.24, 2.45) is 5.92 Å². The van der Waals surface area contributed by atoms with Gasteiger partial charge in [0.15, 0.2) is 0 Å². The van der Waals surface area contributed by atoms with Gasteiger partial charge in [-0.1, -0.05) is 50.2 Å². The van der Waals surface area contributed by atoms with Gasteiger partial charge in [0, 0.05) is 23.8 Å². The van der Waals surface area contributed by atoms with Crippen molar-refractivity contribution in [3.05, 3.63) is 72.1 Å². The maximum Gasteiger partial charge on any atom is 0.226 e. The number of oxazole rings is 1. The number of hydrogen-bond donors (Lipinski definition) is 2. The Morgan fingerprint density at radius 2 is 1.68 bits per heavy atom. The van der Waals surface area contributed by atoms with Gasteiger partial charge >= 0.3 is 0 Å². The van der Waals surface area contributed by atoms with Crippen LogP contribution in [0.1, 0.15) is 25.3 Å². The number of rotatable bonds is 8. The van der Waals surface area contributed by atoms with Gasteiger partial charge in [-0.2, -0.15) is 0 Å². The largest absolute Gasteiger partial charge is 0.441 e. The maximum absolute atomic E-state index is 12.5. The molecule has 28 heavy (non-hydrogen) atoms. The average molecular weight is 377 g/mol. The molecule has 0 bridgehead atoms. The summed E-state index contributed by atoms with van der Waals surface area (Å²) in [6.07, 6.45) is 0.207. The van der Waals surface area contributed by atoms with Crippen molar-refractivity contribution < 1.29 is 9.21 Å². The Balaban J connectivity index is 1.58. The van der Waals surface area contributed by atoms with E-state index in [1.165, 1.54) is 0 Å². The van der Waals surface area contributed by atoms with E-state index in [4.69, 9.17) is 4.42 Å². The highest BCUT2D eigenvalue weighted by molar-refractivity contribution is 5.78. The molecule has 1 atom stereocenters. The van der Waals surface area contributed by atoms with Crippen LogP contribution >= 0.6 is 0 Å². The number of carbonyl (C=O) groups excluding carboxylic acids is 1. The van der Waals surface area contributed by atoms with E-state index in [1.54, 1.807) is 0 Å². The van der Waals surface area contributed by atoms with Crippen LogP contribution in [0.3, 0.4) is 0 Å². The number of benzene rings is 2. The van der Waals surface area contributed by atoms with Crippen molar-refractivity contribution in [1.29, 1.82) is 0 Å². The molecule has 1 amide bonds. The minimum Gasteiger partial charge on any atom is -0.441 e. The number of nitrogens with one attached hydrogen (secondary N) is 2. The van der Waals surface area contributed by atoms with Gasteiger partial charge in [-0.3, -0.25) is 4.79 Å². The summed E-state index contributed by atoms with van der Waals surface area (Å²) in [6.45, 7) is 6.67. The van der Waals surface area contributed by atoms with Gasteiger partial charge in [0.2, 0.25) is 11.8 Å². The second kappa shape index (κ2) is 9.22. The number of anilines is 1. The number of aryl methyl sites for hydroxylation is 1. The second-order valence-electron chi connectivity index (χ2n) is 7.23. The van der Waals surface area contributed by atoms with E-state index >= 15 is 0 Å². The molecule has 5 heteroatoms. The molecule has 0 saturated carbocycles.